The Morgan fingerprint density at radius 1 is 1.42 bits per heavy atom. The molecular weight excluding hydrogens is 244 g/mol. The molecule has 106 valence electrons. The Kier molecular flexibility index (Phi) is 3.45. The average molecular weight is 266 g/mol. The highest BCUT2D eigenvalue weighted by molar-refractivity contribution is 5.84. The molecular formula is C15H22O4. The van der Waals surface area contributed by atoms with Crippen LogP contribution in [-0.4, -0.2) is 24.1 Å². The van der Waals surface area contributed by atoms with E-state index in [4.69, 9.17) is 9.47 Å². The second-order valence-electron chi connectivity index (χ2n) is 6.48. The van der Waals surface area contributed by atoms with Crippen LogP contribution in [0.15, 0.2) is 11.6 Å². The summed E-state index contributed by atoms with van der Waals surface area (Å²) < 4.78 is 10.3. The van der Waals surface area contributed by atoms with Crippen molar-refractivity contribution in [1.82, 2.24) is 0 Å². The molecule has 1 saturated heterocycles. The van der Waals surface area contributed by atoms with Gasteiger partial charge in [-0.3, -0.25) is 4.79 Å². The van der Waals surface area contributed by atoms with E-state index in [1.54, 1.807) is 6.92 Å². The molecule has 0 amide bonds. The zero-order valence-electron chi connectivity index (χ0n) is 12.2. The molecule has 0 unspecified atom stereocenters. The molecule has 1 aliphatic carbocycles. The van der Waals surface area contributed by atoms with Gasteiger partial charge >= 0.3 is 11.9 Å². The van der Waals surface area contributed by atoms with Crippen LogP contribution in [0.3, 0.4) is 0 Å². The van der Waals surface area contributed by atoms with Crippen molar-refractivity contribution >= 4 is 11.9 Å². The maximum absolute atomic E-state index is 12.2. The fourth-order valence-electron chi connectivity index (χ4n) is 2.83. The molecule has 0 N–H and O–H groups in total. The van der Waals surface area contributed by atoms with Crippen molar-refractivity contribution in [3.05, 3.63) is 11.6 Å². The predicted molar refractivity (Wildman–Crippen MR) is 70.2 cm³/mol. The number of rotatable bonds is 3. The molecule has 0 spiro atoms. The van der Waals surface area contributed by atoms with Crippen LogP contribution in [0.2, 0.25) is 0 Å². The van der Waals surface area contributed by atoms with Gasteiger partial charge in [0.15, 0.2) is 0 Å². The first-order valence-corrected chi connectivity index (χ1v) is 6.79. The van der Waals surface area contributed by atoms with E-state index in [0.717, 1.165) is 0 Å². The lowest BCUT2D eigenvalue weighted by Crippen LogP contribution is -2.24. The summed E-state index contributed by atoms with van der Waals surface area (Å²) in [4.78, 5) is 23.6. The summed E-state index contributed by atoms with van der Waals surface area (Å²) in [7, 11) is 0. The molecule has 0 aromatic carbocycles. The summed E-state index contributed by atoms with van der Waals surface area (Å²) in [5.74, 6) is -0.632. The first-order valence-electron chi connectivity index (χ1n) is 6.79. The number of ether oxygens (including phenoxy) is 2. The van der Waals surface area contributed by atoms with Crippen LogP contribution in [0, 0.1) is 17.3 Å². The number of hydrogen-bond donors (Lipinski definition) is 0. The van der Waals surface area contributed by atoms with Gasteiger partial charge in [0, 0.05) is 6.42 Å². The van der Waals surface area contributed by atoms with E-state index in [1.807, 2.05) is 13.8 Å². The lowest BCUT2D eigenvalue weighted by atomic mass is 10.1. The van der Waals surface area contributed by atoms with Crippen molar-refractivity contribution in [3.8, 4) is 0 Å². The Hall–Kier alpha value is -1.32. The van der Waals surface area contributed by atoms with Crippen molar-refractivity contribution < 1.29 is 19.1 Å². The molecule has 4 heteroatoms. The van der Waals surface area contributed by atoms with Gasteiger partial charge in [-0.2, -0.15) is 0 Å². The average Bonchev–Trinajstić information content (AvgIpc) is 2.60. The number of allylic oxidation sites excluding steroid dienone is 2. The van der Waals surface area contributed by atoms with Crippen molar-refractivity contribution in [2.24, 2.45) is 17.3 Å². The maximum atomic E-state index is 12.2. The Morgan fingerprint density at radius 3 is 2.53 bits per heavy atom. The lowest BCUT2D eigenvalue weighted by molar-refractivity contribution is -0.162. The molecule has 0 aromatic rings. The second kappa shape index (κ2) is 4.66. The highest BCUT2D eigenvalue weighted by Crippen LogP contribution is 2.60. The quantitative estimate of drug-likeness (QED) is 0.581. The second-order valence-corrected chi connectivity index (χ2v) is 6.48. The smallest absolute Gasteiger partial charge is 0.347 e. The Labute approximate surface area is 114 Å². The van der Waals surface area contributed by atoms with Gasteiger partial charge < -0.3 is 9.47 Å². The molecule has 19 heavy (non-hydrogen) atoms. The molecule has 2 aliphatic rings. The number of carbonyl (C=O) groups is 2. The zero-order valence-corrected chi connectivity index (χ0v) is 12.2. The number of esters is 2. The van der Waals surface area contributed by atoms with Crippen LogP contribution in [-0.2, 0) is 19.1 Å². The van der Waals surface area contributed by atoms with Gasteiger partial charge in [0.05, 0.1) is 5.92 Å². The summed E-state index contributed by atoms with van der Waals surface area (Å²) >= 11 is 0. The fraction of sp³-hybridized carbons (Fsp3) is 0.733. The number of cyclic esters (lactones) is 1. The zero-order chi connectivity index (χ0) is 14.4. The van der Waals surface area contributed by atoms with E-state index < -0.39 is 12.1 Å². The monoisotopic (exact) mass is 266 g/mol. The third-order valence-electron chi connectivity index (χ3n) is 4.06. The van der Waals surface area contributed by atoms with Crippen molar-refractivity contribution in [1.29, 1.82) is 0 Å². The minimum absolute atomic E-state index is 0.0809. The summed E-state index contributed by atoms with van der Waals surface area (Å²) in [5, 5.41) is 0. The van der Waals surface area contributed by atoms with Gasteiger partial charge in [0.25, 0.3) is 0 Å². The maximum Gasteiger partial charge on any atom is 0.347 e. The van der Waals surface area contributed by atoms with Gasteiger partial charge in [-0.25, -0.2) is 4.79 Å². The topological polar surface area (TPSA) is 52.6 Å². The fourth-order valence-corrected chi connectivity index (χ4v) is 2.83. The SMILES string of the molecule is CC(C)=C[C@@H]1[C@H](C(=O)O[C@@H]2C[C@@H](C)OC2=O)C1(C)C. The number of carbonyl (C=O) groups excluding carboxylic acids is 2. The van der Waals surface area contributed by atoms with Crippen LogP contribution in [0.1, 0.15) is 41.0 Å². The Balaban J connectivity index is 1.98. The molecule has 2 rings (SSSR count). The first kappa shape index (κ1) is 14.1. The highest BCUT2D eigenvalue weighted by atomic mass is 16.6. The van der Waals surface area contributed by atoms with E-state index in [1.165, 1.54) is 5.57 Å². The predicted octanol–water partition coefficient (Wildman–Crippen LogP) is 2.47. The van der Waals surface area contributed by atoms with Gasteiger partial charge in [0.2, 0.25) is 6.10 Å². The third-order valence-corrected chi connectivity index (χ3v) is 4.06. The van der Waals surface area contributed by atoms with Crippen LogP contribution in [0.25, 0.3) is 0 Å². The molecule has 2 fully saturated rings. The van der Waals surface area contributed by atoms with Gasteiger partial charge in [0.1, 0.15) is 6.10 Å². The molecule has 0 aromatic heterocycles. The van der Waals surface area contributed by atoms with Crippen LogP contribution in [0.5, 0.6) is 0 Å². The van der Waals surface area contributed by atoms with Crippen molar-refractivity contribution in [3.63, 3.8) is 0 Å². The summed E-state index contributed by atoms with van der Waals surface area (Å²) in [6.07, 6.45) is 1.70. The molecule has 1 aliphatic heterocycles. The normalized spacial score (nSPS) is 35.5. The molecule has 4 atom stereocenters. The van der Waals surface area contributed by atoms with Gasteiger partial charge in [-0.05, 0) is 32.1 Å². The summed E-state index contributed by atoms with van der Waals surface area (Å²) in [5.41, 5.74) is 1.12. The van der Waals surface area contributed by atoms with Crippen molar-refractivity contribution in [2.45, 2.75) is 53.2 Å². The van der Waals surface area contributed by atoms with Gasteiger partial charge in [-0.1, -0.05) is 25.5 Å². The number of hydrogen-bond acceptors (Lipinski definition) is 4. The van der Waals surface area contributed by atoms with E-state index >= 15 is 0 Å². The van der Waals surface area contributed by atoms with E-state index in [-0.39, 0.29) is 29.3 Å². The molecule has 1 saturated carbocycles. The third kappa shape index (κ3) is 2.67. The molecule has 0 radical (unpaired) electrons. The Bertz CT molecular complexity index is 431. The summed E-state index contributed by atoms with van der Waals surface area (Å²) in [6, 6.07) is 0. The highest BCUT2D eigenvalue weighted by Gasteiger charge is 2.62. The van der Waals surface area contributed by atoms with Crippen LogP contribution in [0.4, 0.5) is 0 Å². The standard InChI is InChI=1S/C15H22O4/c1-8(2)6-10-12(15(10,4)5)14(17)19-11-7-9(3)18-13(11)16/h6,9-12H,7H2,1-5H3/t9-,10-,11-,12-/m1/s1. The van der Waals surface area contributed by atoms with Gasteiger partial charge in [-0.15, -0.1) is 0 Å². The molecule has 4 nitrogen and oxygen atoms in total. The minimum atomic E-state index is -0.716. The molecule has 0 bridgehead atoms. The Morgan fingerprint density at radius 2 is 2.05 bits per heavy atom. The molecule has 1 heterocycles. The first-order chi connectivity index (χ1) is 8.73. The lowest BCUT2D eigenvalue weighted by Gasteiger charge is -2.08. The van der Waals surface area contributed by atoms with E-state index in [9.17, 15) is 9.59 Å². The van der Waals surface area contributed by atoms with E-state index in [0.29, 0.717) is 6.42 Å². The van der Waals surface area contributed by atoms with Crippen LogP contribution < -0.4 is 0 Å². The largest absolute Gasteiger partial charge is 0.460 e. The van der Waals surface area contributed by atoms with Crippen molar-refractivity contribution in [2.75, 3.05) is 0 Å². The van der Waals surface area contributed by atoms with Crippen LogP contribution >= 0.6 is 0 Å². The minimum Gasteiger partial charge on any atom is -0.460 e. The summed E-state index contributed by atoms with van der Waals surface area (Å²) in [6.45, 7) is 9.95. The van der Waals surface area contributed by atoms with E-state index in [2.05, 4.69) is 19.9 Å².